The first-order valence-corrected chi connectivity index (χ1v) is 4.67. The van der Waals surface area contributed by atoms with Gasteiger partial charge in [0, 0.05) is 12.3 Å². The van der Waals surface area contributed by atoms with Crippen LogP contribution in [0.2, 0.25) is 0 Å². The van der Waals surface area contributed by atoms with Crippen molar-refractivity contribution in [1.29, 1.82) is 0 Å². The molecule has 11 heavy (non-hydrogen) atoms. The van der Waals surface area contributed by atoms with Gasteiger partial charge in [0.25, 0.3) is 0 Å². The SMILES string of the molecule is CCC1CC2(C)CC(=O)C1C2. The Morgan fingerprint density at radius 3 is 2.64 bits per heavy atom. The Kier molecular flexibility index (Phi) is 1.39. The first-order valence-electron chi connectivity index (χ1n) is 4.67. The van der Waals surface area contributed by atoms with Crippen LogP contribution in [0.15, 0.2) is 0 Å². The molecule has 2 bridgehead atoms. The summed E-state index contributed by atoms with van der Waals surface area (Å²) in [7, 11) is 0. The number of hydrogen-bond donors (Lipinski definition) is 0. The molecule has 0 heterocycles. The van der Waals surface area contributed by atoms with Crippen LogP contribution >= 0.6 is 0 Å². The van der Waals surface area contributed by atoms with Crippen LogP contribution < -0.4 is 0 Å². The third-order valence-corrected chi connectivity index (χ3v) is 3.58. The Bertz CT molecular complexity index is 197. The van der Waals surface area contributed by atoms with E-state index in [1.54, 1.807) is 0 Å². The minimum atomic E-state index is 0.405. The van der Waals surface area contributed by atoms with Crippen molar-refractivity contribution >= 4 is 5.78 Å². The fourth-order valence-corrected chi connectivity index (χ4v) is 3.06. The van der Waals surface area contributed by atoms with Crippen LogP contribution in [-0.2, 0) is 4.79 Å². The Morgan fingerprint density at radius 2 is 2.27 bits per heavy atom. The van der Waals surface area contributed by atoms with Gasteiger partial charge in [-0.1, -0.05) is 20.3 Å². The minimum Gasteiger partial charge on any atom is -0.299 e. The molecule has 2 aliphatic rings. The number of Topliss-reactive ketones (excluding diaryl/α,β-unsaturated/α-hetero) is 1. The summed E-state index contributed by atoms with van der Waals surface area (Å²) in [6.07, 6.45) is 4.56. The molecular weight excluding hydrogens is 136 g/mol. The smallest absolute Gasteiger partial charge is 0.136 e. The van der Waals surface area contributed by atoms with Crippen LogP contribution in [0.4, 0.5) is 0 Å². The number of carbonyl (C=O) groups excluding carboxylic acids is 1. The highest BCUT2D eigenvalue weighted by Gasteiger charge is 2.51. The predicted molar refractivity (Wildman–Crippen MR) is 44.2 cm³/mol. The van der Waals surface area contributed by atoms with Crippen LogP contribution in [0.25, 0.3) is 0 Å². The van der Waals surface area contributed by atoms with Gasteiger partial charge in [0.2, 0.25) is 0 Å². The lowest BCUT2D eigenvalue weighted by atomic mass is 9.80. The van der Waals surface area contributed by atoms with Gasteiger partial charge in [-0.3, -0.25) is 4.79 Å². The average Bonchev–Trinajstić information content (AvgIpc) is 2.39. The molecule has 62 valence electrons. The summed E-state index contributed by atoms with van der Waals surface area (Å²) in [5.41, 5.74) is 0.405. The lowest BCUT2D eigenvalue weighted by molar-refractivity contribution is -0.123. The van der Waals surface area contributed by atoms with E-state index in [1.165, 1.54) is 19.3 Å². The molecule has 2 rings (SSSR count). The van der Waals surface area contributed by atoms with E-state index in [0.717, 1.165) is 12.3 Å². The van der Waals surface area contributed by atoms with E-state index >= 15 is 0 Å². The van der Waals surface area contributed by atoms with Gasteiger partial charge in [-0.15, -0.1) is 0 Å². The van der Waals surface area contributed by atoms with Gasteiger partial charge in [0.1, 0.15) is 5.78 Å². The summed E-state index contributed by atoms with van der Waals surface area (Å²) < 4.78 is 0. The van der Waals surface area contributed by atoms with Crippen molar-refractivity contribution in [3.63, 3.8) is 0 Å². The van der Waals surface area contributed by atoms with Gasteiger partial charge in [0.15, 0.2) is 0 Å². The van der Waals surface area contributed by atoms with Crippen LogP contribution in [0, 0.1) is 17.3 Å². The monoisotopic (exact) mass is 152 g/mol. The summed E-state index contributed by atoms with van der Waals surface area (Å²) >= 11 is 0. The molecule has 0 N–H and O–H groups in total. The molecular formula is C10H16O. The Balaban J connectivity index is 2.21. The highest BCUT2D eigenvalue weighted by Crippen LogP contribution is 2.55. The zero-order valence-electron chi connectivity index (χ0n) is 7.39. The number of rotatable bonds is 1. The van der Waals surface area contributed by atoms with E-state index < -0.39 is 0 Å². The van der Waals surface area contributed by atoms with E-state index in [4.69, 9.17) is 0 Å². The molecule has 3 unspecified atom stereocenters. The highest BCUT2D eigenvalue weighted by molar-refractivity contribution is 5.85. The van der Waals surface area contributed by atoms with Crippen molar-refractivity contribution in [3.05, 3.63) is 0 Å². The van der Waals surface area contributed by atoms with Gasteiger partial charge in [0.05, 0.1) is 0 Å². The lowest BCUT2D eigenvalue weighted by Gasteiger charge is -2.24. The first-order chi connectivity index (χ1) is 5.14. The first kappa shape index (κ1) is 7.33. The minimum absolute atomic E-state index is 0.405. The fourth-order valence-electron chi connectivity index (χ4n) is 3.06. The molecule has 1 heteroatoms. The predicted octanol–water partition coefficient (Wildman–Crippen LogP) is 2.40. The summed E-state index contributed by atoms with van der Waals surface area (Å²) in [5.74, 6) is 1.72. The van der Waals surface area contributed by atoms with E-state index in [-0.39, 0.29) is 0 Å². The molecule has 0 aliphatic heterocycles. The lowest BCUT2D eigenvalue weighted by Crippen LogP contribution is -2.22. The van der Waals surface area contributed by atoms with E-state index in [1.807, 2.05) is 0 Å². The number of fused-ring (bicyclic) bond motifs is 2. The molecule has 0 saturated heterocycles. The normalized spacial score (nSPS) is 48.7. The summed E-state index contributed by atoms with van der Waals surface area (Å²) in [4.78, 5) is 11.4. The maximum atomic E-state index is 11.4. The summed E-state index contributed by atoms with van der Waals surface area (Å²) in [6.45, 7) is 4.49. The van der Waals surface area contributed by atoms with Gasteiger partial charge in [-0.05, 0) is 24.2 Å². The maximum Gasteiger partial charge on any atom is 0.136 e. The number of hydrogen-bond acceptors (Lipinski definition) is 1. The molecule has 0 aromatic carbocycles. The van der Waals surface area contributed by atoms with Crippen LogP contribution in [0.5, 0.6) is 0 Å². The zero-order chi connectivity index (χ0) is 8.06. The molecule has 2 saturated carbocycles. The topological polar surface area (TPSA) is 17.1 Å². The largest absolute Gasteiger partial charge is 0.299 e. The molecule has 0 aromatic heterocycles. The molecule has 2 aliphatic carbocycles. The third kappa shape index (κ3) is 0.935. The average molecular weight is 152 g/mol. The molecule has 0 aromatic rings. The van der Waals surface area contributed by atoms with Crippen molar-refractivity contribution in [1.82, 2.24) is 0 Å². The quantitative estimate of drug-likeness (QED) is 0.564. The second-order valence-electron chi connectivity index (χ2n) is 4.64. The zero-order valence-corrected chi connectivity index (χ0v) is 7.39. The van der Waals surface area contributed by atoms with E-state index in [9.17, 15) is 4.79 Å². The highest BCUT2D eigenvalue weighted by atomic mass is 16.1. The van der Waals surface area contributed by atoms with Crippen molar-refractivity contribution in [3.8, 4) is 0 Å². The summed E-state index contributed by atoms with van der Waals surface area (Å²) in [6, 6.07) is 0. The molecule has 0 amide bonds. The molecule has 3 atom stereocenters. The number of carbonyl (C=O) groups is 1. The maximum absolute atomic E-state index is 11.4. The van der Waals surface area contributed by atoms with E-state index in [0.29, 0.717) is 17.1 Å². The third-order valence-electron chi connectivity index (χ3n) is 3.58. The Labute approximate surface area is 68.2 Å². The van der Waals surface area contributed by atoms with E-state index in [2.05, 4.69) is 13.8 Å². The molecule has 0 radical (unpaired) electrons. The Hall–Kier alpha value is -0.330. The standard InChI is InChI=1S/C10H16O/c1-3-7-4-10(2)5-8(7)9(11)6-10/h7-8H,3-6H2,1-2H3. The summed E-state index contributed by atoms with van der Waals surface area (Å²) in [5, 5.41) is 0. The second kappa shape index (κ2) is 2.09. The molecule has 2 fully saturated rings. The Morgan fingerprint density at radius 1 is 1.55 bits per heavy atom. The van der Waals surface area contributed by atoms with Crippen molar-refractivity contribution in [2.45, 2.75) is 39.5 Å². The van der Waals surface area contributed by atoms with Crippen LogP contribution in [-0.4, -0.2) is 5.78 Å². The van der Waals surface area contributed by atoms with Crippen molar-refractivity contribution < 1.29 is 4.79 Å². The fraction of sp³-hybridized carbons (Fsp3) is 0.900. The second-order valence-corrected chi connectivity index (χ2v) is 4.64. The van der Waals surface area contributed by atoms with Gasteiger partial charge in [-0.25, -0.2) is 0 Å². The molecule has 1 nitrogen and oxygen atoms in total. The van der Waals surface area contributed by atoms with Crippen molar-refractivity contribution in [2.75, 3.05) is 0 Å². The van der Waals surface area contributed by atoms with Crippen molar-refractivity contribution in [2.24, 2.45) is 17.3 Å². The van der Waals surface area contributed by atoms with Gasteiger partial charge >= 0.3 is 0 Å². The van der Waals surface area contributed by atoms with Gasteiger partial charge in [-0.2, -0.15) is 0 Å². The van der Waals surface area contributed by atoms with Crippen LogP contribution in [0.3, 0.4) is 0 Å². The molecule has 0 spiro atoms. The van der Waals surface area contributed by atoms with Crippen LogP contribution in [0.1, 0.15) is 39.5 Å². The van der Waals surface area contributed by atoms with Gasteiger partial charge < -0.3 is 0 Å². The number of ketones is 1.